The number of hydrogen-bond donors (Lipinski definition) is 0. The summed E-state index contributed by atoms with van der Waals surface area (Å²) in [6.45, 7) is 0. The monoisotopic (exact) mass is 313 g/mol. The standard InChI is InChI=1S/C7H2ClF6NO2S/c8-18(16,17)5-2-3(6(9,10)11)1-4(15-5)7(12,13)14/h1-2H. The summed E-state index contributed by atoms with van der Waals surface area (Å²) in [6, 6.07) is -0.372. The quantitative estimate of drug-likeness (QED) is 0.591. The van der Waals surface area contributed by atoms with Crippen molar-refractivity contribution in [1.29, 1.82) is 0 Å². The van der Waals surface area contributed by atoms with E-state index < -0.39 is 37.7 Å². The molecule has 18 heavy (non-hydrogen) atoms. The van der Waals surface area contributed by atoms with Crippen LogP contribution >= 0.6 is 10.7 Å². The average Bonchev–Trinajstić information content (AvgIpc) is 2.13. The maximum Gasteiger partial charge on any atom is 0.433 e. The normalized spacial score (nSPS) is 13.7. The van der Waals surface area contributed by atoms with Crippen LogP contribution < -0.4 is 0 Å². The van der Waals surface area contributed by atoms with E-state index in [2.05, 4.69) is 15.7 Å². The first-order chi connectivity index (χ1) is 7.82. The van der Waals surface area contributed by atoms with Crippen LogP contribution in [0.25, 0.3) is 0 Å². The summed E-state index contributed by atoms with van der Waals surface area (Å²) < 4.78 is 95.2. The fourth-order valence-corrected chi connectivity index (χ4v) is 1.65. The summed E-state index contributed by atoms with van der Waals surface area (Å²) in [5.74, 6) is 0. The average molecular weight is 314 g/mol. The van der Waals surface area contributed by atoms with Crippen LogP contribution in [0.3, 0.4) is 0 Å². The number of alkyl halides is 6. The van der Waals surface area contributed by atoms with Gasteiger partial charge < -0.3 is 0 Å². The highest BCUT2D eigenvalue weighted by Crippen LogP contribution is 2.35. The van der Waals surface area contributed by atoms with Crippen LogP contribution in [-0.4, -0.2) is 13.4 Å². The molecule has 0 fully saturated rings. The SMILES string of the molecule is O=S(=O)(Cl)c1cc(C(F)(F)F)cc(C(F)(F)F)n1. The highest BCUT2D eigenvalue weighted by Gasteiger charge is 2.39. The van der Waals surface area contributed by atoms with Gasteiger partial charge in [0.05, 0.1) is 5.56 Å². The lowest BCUT2D eigenvalue weighted by atomic mass is 10.2. The molecule has 11 heteroatoms. The second-order valence-corrected chi connectivity index (χ2v) is 5.53. The molecule has 102 valence electrons. The summed E-state index contributed by atoms with van der Waals surface area (Å²) in [6.07, 6.45) is -10.4. The van der Waals surface area contributed by atoms with E-state index in [1.807, 2.05) is 0 Å². The molecular formula is C7H2ClF6NO2S. The van der Waals surface area contributed by atoms with Crippen LogP contribution in [0.5, 0.6) is 0 Å². The van der Waals surface area contributed by atoms with Gasteiger partial charge in [0.15, 0.2) is 5.03 Å². The number of nitrogens with zero attached hydrogens (tertiary/aromatic N) is 1. The first-order valence-electron chi connectivity index (χ1n) is 3.93. The first-order valence-corrected chi connectivity index (χ1v) is 6.24. The Balaban J connectivity index is 3.60. The zero-order valence-corrected chi connectivity index (χ0v) is 9.54. The van der Waals surface area contributed by atoms with Crippen molar-refractivity contribution in [3.63, 3.8) is 0 Å². The van der Waals surface area contributed by atoms with Gasteiger partial charge in [0.1, 0.15) is 5.69 Å². The minimum atomic E-state index is -5.22. The predicted octanol–water partition coefficient (Wildman–Crippen LogP) is 3.05. The minimum Gasteiger partial charge on any atom is -0.230 e. The topological polar surface area (TPSA) is 47.0 Å². The number of halogens is 7. The summed E-state index contributed by atoms with van der Waals surface area (Å²) in [5, 5.41) is -1.51. The van der Waals surface area contributed by atoms with Gasteiger partial charge in [0, 0.05) is 10.7 Å². The van der Waals surface area contributed by atoms with Crippen LogP contribution in [0.4, 0.5) is 26.3 Å². The smallest absolute Gasteiger partial charge is 0.230 e. The Morgan fingerprint density at radius 3 is 1.83 bits per heavy atom. The number of pyridine rings is 1. The second kappa shape index (κ2) is 4.26. The minimum absolute atomic E-state index is 0.0719. The van der Waals surface area contributed by atoms with Gasteiger partial charge in [-0.3, -0.25) is 0 Å². The van der Waals surface area contributed by atoms with Crippen LogP contribution in [0, 0.1) is 0 Å². The van der Waals surface area contributed by atoms with Crippen LogP contribution in [0.1, 0.15) is 11.3 Å². The molecule has 1 heterocycles. The first kappa shape index (κ1) is 15.0. The lowest BCUT2D eigenvalue weighted by Gasteiger charge is -2.11. The van der Waals surface area contributed by atoms with Crippen LogP contribution in [0.2, 0.25) is 0 Å². The van der Waals surface area contributed by atoms with Gasteiger partial charge in [-0.1, -0.05) is 0 Å². The van der Waals surface area contributed by atoms with Crippen LogP contribution in [0.15, 0.2) is 17.2 Å². The lowest BCUT2D eigenvalue weighted by molar-refractivity contribution is -0.146. The van der Waals surface area contributed by atoms with Gasteiger partial charge in [0.2, 0.25) is 0 Å². The molecule has 0 amide bonds. The molecule has 0 radical (unpaired) electrons. The van der Waals surface area contributed by atoms with Gasteiger partial charge >= 0.3 is 12.4 Å². The Morgan fingerprint density at radius 1 is 1.00 bits per heavy atom. The van der Waals surface area contributed by atoms with Crippen molar-refractivity contribution in [2.24, 2.45) is 0 Å². The van der Waals surface area contributed by atoms with E-state index in [1.54, 1.807) is 0 Å². The van der Waals surface area contributed by atoms with Crippen molar-refractivity contribution in [3.8, 4) is 0 Å². The summed E-state index contributed by atoms with van der Waals surface area (Å²) >= 11 is 0. The molecular weight excluding hydrogens is 312 g/mol. The summed E-state index contributed by atoms with van der Waals surface area (Å²) in [7, 11) is -0.130. The van der Waals surface area contributed by atoms with Gasteiger partial charge in [-0.05, 0) is 12.1 Å². The van der Waals surface area contributed by atoms with Crippen molar-refractivity contribution >= 4 is 19.7 Å². The van der Waals surface area contributed by atoms with E-state index in [1.165, 1.54) is 0 Å². The molecule has 0 aliphatic heterocycles. The molecule has 0 aliphatic carbocycles. The summed E-state index contributed by atoms with van der Waals surface area (Å²) in [4.78, 5) is 2.54. The Kier molecular flexibility index (Phi) is 3.56. The fraction of sp³-hybridized carbons (Fsp3) is 0.286. The molecule has 0 saturated heterocycles. The van der Waals surface area contributed by atoms with Gasteiger partial charge in [-0.15, -0.1) is 0 Å². The Morgan fingerprint density at radius 2 is 1.50 bits per heavy atom. The number of aromatic nitrogens is 1. The maximum absolute atomic E-state index is 12.3. The number of rotatable bonds is 1. The second-order valence-electron chi connectivity index (χ2n) is 3.01. The molecule has 0 spiro atoms. The highest BCUT2D eigenvalue weighted by molar-refractivity contribution is 8.13. The summed E-state index contributed by atoms with van der Waals surface area (Å²) in [5.41, 5.74) is -3.79. The van der Waals surface area contributed by atoms with Crippen molar-refractivity contribution in [2.45, 2.75) is 17.4 Å². The van der Waals surface area contributed by atoms with Crippen molar-refractivity contribution in [3.05, 3.63) is 23.4 Å². The fourth-order valence-electron chi connectivity index (χ4n) is 0.939. The van der Waals surface area contributed by atoms with E-state index in [0.29, 0.717) is 0 Å². The molecule has 0 aromatic carbocycles. The largest absolute Gasteiger partial charge is 0.433 e. The molecule has 1 aromatic heterocycles. The Bertz CT molecular complexity index is 532. The molecule has 3 nitrogen and oxygen atoms in total. The molecule has 0 N–H and O–H groups in total. The highest BCUT2D eigenvalue weighted by atomic mass is 35.7. The zero-order chi connectivity index (χ0) is 14.4. The van der Waals surface area contributed by atoms with E-state index in [0.717, 1.165) is 0 Å². The molecule has 0 unspecified atom stereocenters. The molecule has 1 aromatic rings. The van der Waals surface area contributed by atoms with Crippen molar-refractivity contribution < 1.29 is 34.8 Å². The van der Waals surface area contributed by atoms with Gasteiger partial charge in [-0.25, -0.2) is 13.4 Å². The number of hydrogen-bond acceptors (Lipinski definition) is 3. The van der Waals surface area contributed by atoms with E-state index >= 15 is 0 Å². The van der Waals surface area contributed by atoms with Gasteiger partial charge in [0.25, 0.3) is 9.05 Å². The van der Waals surface area contributed by atoms with Crippen LogP contribution in [-0.2, 0) is 21.4 Å². The molecule has 0 atom stereocenters. The molecule has 0 saturated carbocycles. The molecule has 1 rings (SSSR count). The zero-order valence-electron chi connectivity index (χ0n) is 7.97. The third-order valence-electron chi connectivity index (χ3n) is 1.67. The van der Waals surface area contributed by atoms with E-state index in [9.17, 15) is 34.8 Å². The lowest BCUT2D eigenvalue weighted by Crippen LogP contribution is -2.15. The van der Waals surface area contributed by atoms with Gasteiger partial charge in [-0.2, -0.15) is 26.3 Å². The predicted molar refractivity (Wildman–Crippen MR) is 47.3 cm³/mol. The molecule has 0 aliphatic rings. The molecule has 0 bridgehead atoms. The van der Waals surface area contributed by atoms with E-state index in [-0.39, 0.29) is 12.1 Å². The Labute approximate surface area is 101 Å². The third kappa shape index (κ3) is 3.48. The third-order valence-corrected chi connectivity index (χ3v) is 2.85. The maximum atomic E-state index is 12.3. The van der Waals surface area contributed by atoms with E-state index in [4.69, 9.17) is 0 Å². The van der Waals surface area contributed by atoms with Crippen molar-refractivity contribution in [2.75, 3.05) is 0 Å². The van der Waals surface area contributed by atoms with Crippen molar-refractivity contribution in [1.82, 2.24) is 4.98 Å². The Hall–Kier alpha value is -1.03.